The molecule has 1 aromatic heterocycles. The zero-order valence-corrected chi connectivity index (χ0v) is 11.9. The number of carbonyl (C=O) groups is 1. The van der Waals surface area contributed by atoms with Crippen molar-refractivity contribution >= 4 is 39.1 Å². The number of hydrogen-bond donors (Lipinski definition) is 1. The molecule has 0 aliphatic heterocycles. The Morgan fingerprint density at radius 3 is 2.78 bits per heavy atom. The number of anilines is 1. The molecule has 1 amide bonds. The monoisotopic (exact) mass is 324 g/mol. The summed E-state index contributed by atoms with van der Waals surface area (Å²) in [6.07, 6.45) is 1.48. The molecule has 0 bridgehead atoms. The minimum atomic E-state index is -0.278. The third kappa shape index (κ3) is 2.89. The van der Waals surface area contributed by atoms with Crippen LogP contribution in [0.1, 0.15) is 16.1 Å². The van der Waals surface area contributed by atoms with Gasteiger partial charge in [-0.2, -0.15) is 0 Å². The maximum absolute atomic E-state index is 12.0. The first-order valence-corrected chi connectivity index (χ1v) is 6.43. The molecule has 1 heterocycles. The second-order valence-corrected chi connectivity index (χ2v) is 5.00. The van der Waals surface area contributed by atoms with Gasteiger partial charge >= 0.3 is 0 Å². The molecule has 2 aromatic rings. The molecule has 0 spiro atoms. The summed E-state index contributed by atoms with van der Waals surface area (Å²) >= 11 is 9.38. The van der Waals surface area contributed by atoms with Crippen molar-refractivity contribution in [1.29, 1.82) is 0 Å². The molecule has 2 rings (SSSR count). The highest BCUT2D eigenvalue weighted by Crippen LogP contribution is 2.23. The zero-order chi connectivity index (χ0) is 13.1. The van der Waals surface area contributed by atoms with E-state index in [1.807, 2.05) is 25.1 Å². The second kappa shape index (κ2) is 5.50. The summed E-state index contributed by atoms with van der Waals surface area (Å²) in [5.74, 6) is -0.278. The minimum Gasteiger partial charge on any atom is -0.321 e. The van der Waals surface area contributed by atoms with E-state index in [9.17, 15) is 4.79 Å². The molecule has 0 saturated carbocycles. The molecule has 3 nitrogen and oxygen atoms in total. The van der Waals surface area contributed by atoms with Gasteiger partial charge in [-0.05, 0) is 41.1 Å². The third-order valence-corrected chi connectivity index (χ3v) is 3.36. The van der Waals surface area contributed by atoms with Gasteiger partial charge in [0, 0.05) is 16.4 Å². The molecule has 0 fully saturated rings. The quantitative estimate of drug-likeness (QED) is 0.905. The van der Waals surface area contributed by atoms with Crippen LogP contribution in [-0.4, -0.2) is 10.9 Å². The molecule has 0 aliphatic rings. The van der Waals surface area contributed by atoms with Crippen molar-refractivity contribution in [3.63, 3.8) is 0 Å². The van der Waals surface area contributed by atoms with E-state index in [1.54, 1.807) is 12.1 Å². The van der Waals surface area contributed by atoms with Crippen molar-refractivity contribution in [2.24, 2.45) is 0 Å². The number of nitrogens with one attached hydrogen (secondary N) is 1. The van der Waals surface area contributed by atoms with Crippen LogP contribution in [0.25, 0.3) is 0 Å². The van der Waals surface area contributed by atoms with Gasteiger partial charge < -0.3 is 5.32 Å². The van der Waals surface area contributed by atoms with Crippen LogP contribution in [0, 0.1) is 6.92 Å². The molecule has 92 valence electrons. The van der Waals surface area contributed by atoms with Crippen LogP contribution >= 0.6 is 27.5 Å². The van der Waals surface area contributed by atoms with E-state index in [-0.39, 0.29) is 5.91 Å². The number of halogens is 2. The van der Waals surface area contributed by atoms with E-state index in [2.05, 4.69) is 26.2 Å². The van der Waals surface area contributed by atoms with E-state index < -0.39 is 0 Å². The molecular formula is C13H10BrClN2O. The fourth-order valence-electron chi connectivity index (χ4n) is 1.45. The number of aromatic nitrogens is 1. The highest BCUT2D eigenvalue weighted by Gasteiger charge is 2.12. The average molecular weight is 326 g/mol. The van der Waals surface area contributed by atoms with Crippen molar-refractivity contribution in [1.82, 2.24) is 4.98 Å². The topological polar surface area (TPSA) is 42.0 Å². The molecule has 0 aliphatic carbocycles. The number of amides is 1. The van der Waals surface area contributed by atoms with Gasteiger partial charge in [-0.25, -0.2) is 0 Å². The Bertz CT molecular complexity index is 601. The number of benzene rings is 1. The largest absolute Gasteiger partial charge is 0.321 e. The number of rotatable bonds is 2. The van der Waals surface area contributed by atoms with Gasteiger partial charge in [-0.1, -0.05) is 23.7 Å². The van der Waals surface area contributed by atoms with Gasteiger partial charge in [0.05, 0.1) is 16.3 Å². The fourth-order valence-corrected chi connectivity index (χ4v) is 2.12. The van der Waals surface area contributed by atoms with Crippen LogP contribution in [0.2, 0.25) is 5.02 Å². The smallest absolute Gasteiger partial charge is 0.258 e. The summed E-state index contributed by atoms with van der Waals surface area (Å²) in [5.41, 5.74) is 1.83. The lowest BCUT2D eigenvalue weighted by molar-refractivity contribution is 0.102. The Labute approximate surface area is 118 Å². The van der Waals surface area contributed by atoms with Gasteiger partial charge in [0.25, 0.3) is 5.91 Å². The standard InChI is InChI=1S/C13H10BrClN2O/c1-8-6-11(15)9(7-16-8)13(18)17-12-5-3-2-4-10(12)14/h2-7H,1H3,(H,17,18). The third-order valence-electron chi connectivity index (χ3n) is 2.36. The maximum Gasteiger partial charge on any atom is 0.258 e. The highest BCUT2D eigenvalue weighted by molar-refractivity contribution is 9.10. The van der Waals surface area contributed by atoms with Gasteiger partial charge in [0.15, 0.2) is 0 Å². The minimum absolute atomic E-state index is 0.278. The number of para-hydroxylation sites is 1. The molecule has 0 saturated heterocycles. The first kappa shape index (κ1) is 13.1. The average Bonchev–Trinajstić information content (AvgIpc) is 2.32. The van der Waals surface area contributed by atoms with Crippen LogP contribution in [0.15, 0.2) is 41.0 Å². The Balaban J connectivity index is 2.25. The van der Waals surface area contributed by atoms with Crippen LogP contribution in [-0.2, 0) is 0 Å². The van der Waals surface area contributed by atoms with Crippen molar-refractivity contribution in [2.75, 3.05) is 5.32 Å². The van der Waals surface area contributed by atoms with Gasteiger partial charge in [0.2, 0.25) is 0 Å². The predicted molar refractivity (Wildman–Crippen MR) is 76.1 cm³/mol. The van der Waals surface area contributed by atoms with E-state index in [4.69, 9.17) is 11.6 Å². The lowest BCUT2D eigenvalue weighted by Crippen LogP contribution is -2.13. The lowest BCUT2D eigenvalue weighted by atomic mass is 10.2. The summed E-state index contributed by atoms with van der Waals surface area (Å²) < 4.78 is 0.814. The Morgan fingerprint density at radius 1 is 1.39 bits per heavy atom. The van der Waals surface area contributed by atoms with Crippen molar-refractivity contribution in [3.05, 3.63) is 57.3 Å². The fraction of sp³-hybridized carbons (Fsp3) is 0.0769. The molecule has 5 heteroatoms. The summed E-state index contributed by atoms with van der Waals surface area (Å²) in [4.78, 5) is 16.1. The van der Waals surface area contributed by atoms with Crippen LogP contribution in [0.4, 0.5) is 5.69 Å². The first-order chi connectivity index (χ1) is 8.58. The van der Waals surface area contributed by atoms with Crippen LogP contribution < -0.4 is 5.32 Å². The molecular weight excluding hydrogens is 316 g/mol. The maximum atomic E-state index is 12.0. The van der Waals surface area contributed by atoms with E-state index >= 15 is 0 Å². The zero-order valence-electron chi connectivity index (χ0n) is 9.58. The van der Waals surface area contributed by atoms with E-state index in [1.165, 1.54) is 6.20 Å². The number of carbonyl (C=O) groups excluding carboxylic acids is 1. The molecule has 18 heavy (non-hydrogen) atoms. The Kier molecular flexibility index (Phi) is 3.99. The number of hydrogen-bond acceptors (Lipinski definition) is 2. The van der Waals surface area contributed by atoms with Gasteiger partial charge in [0.1, 0.15) is 0 Å². The summed E-state index contributed by atoms with van der Waals surface area (Å²) in [6, 6.07) is 9.04. The Hall–Kier alpha value is -1.39. The lowest BCUT2D eigenvalue weighted by Gasteiger charge is -2.08. The summed E-state index contributed by atoms with van der Waals surface area (Å²) in [7, 11) is 0. The first-order valence-electron chi connectivity index (χ1n) is 5.26. The van der Waals surface area contributed by atoms with Gasteiger partial charge in [-0.3, -0.25) is 9.78 Å². The van der Waals surface area contributed by atoms with E-state index in [0.29, 0.717) is 16.3 Å². The SMILES string of the molecule is Cc1cc(Cl)c(C(=O)Nc2ccccc2Br)cn1. The Morgan fingerprint density at radius 2 is 2.11 bits per heavy atom. The second-order valence-electron chi connectivity index (χ2n) is 3.74. The molecule has 1 N–H and O–H groups in total. The van der Waals surface area contributed by atoms with E-state index in [0.717, 1.165) is 10.2 Å². The molecule has 0 radical (unpaired) electrons. The van der Waals surface area contributed by atoms with Crippen LogP contribution in [0.3, 0.4) is 0 Å². The summed E-state index contributed by atoms with van der Waals surface area (Å²) in [5, 5.41) is 3.17. The van der Waals surface area contributed by atoms with Crippen molar-refractivity contribution in [3.8, 4) is 0 Å². The highest BCUT2D eigenvalue weighted by atomic mass is 79.9. The van der Waals surface area contributed by atoms with Crippen LogP contribution in [0.5, 0.6) is 0 Å². The number of nitrogens with zero attached hydrogens (tertiary/aromatic N) is 1. The van der Waals surface area contributed by atoms with Gasteiger partial charge in [-0.15, -0.1) is 0 Å². The number of pyridine rings is 1. The molecule has 0 unspecified atom stereocenters. The predicted octanol–water partition coefficient (Wildman–Crippen LogP) is 4.06. The molecule has 1 aromatic carbocycles. The van der Waals surface area contributed by atoms with Crippen molar-refractivity contribution < 1.29 is 4.79 Å². The van der Waals surface area contributed by atoms with Crippen molar-refractivity contribution in [2.45, 2.75) is 6.92 Å². The normalized spacial score (nSPS) is 10.2. The summed E-state index contributed by atoms with van der Waals surface area (Å²) in [6.45, 7) is 1.82. The molecule has 0 atom stereocenters. The number of aryl methyl sites for hydroxylation is 1.